The fourth-order valence-electron chi connectivity index (χ4n) is 0.944. The summed E-state index contributed by atoms with van der Waals surface area (Å²) < 4.78 is 24.6. The van der Waals surface area contributed by atoms with Crippen LogP contribution in [0.1, 0.15) is 22.5 Å². The van der Waals surface area contributed by atoms with Gasteiger partial charge in [0, 0.05) is 18.8 Å². The Morgan fingerprint density at radius 1 is 1.60 bits per heavy atom. The zero-order valence-electron chi connectivity index (χ0n) is 8.28. The second kappa shape index (κ2) is 4.79. The third-order valence-electron chi connectivity index (χ3n) is 1.81. The number of hydrogen-bond donors (Lipinski definition) is 0. The molecule has 0 N–H and O–H groups in total. The van der Waals surface area contributed by atoms with Gasteiger partial charge < -0.3 is 0 Å². The van der Waals surface area contributed by atoms with E-state index in [9.17, 15) is 13.6 Å². The minimum atomic E-state index is -2.62. The Balaban J connectivity index is 2.95. The number of alkyl halides is 2. The summed E-state index contributed by atoms with van der Waals surface area (Å²) in [5.41, 5.74) is -0.310. The Hall–Kier alpha value is -1.56. The number of nitrogens with zero attached hydrogens (tertiary/aromatic N) is 2. The van der Waals surface area contributed by atoms with Crippen LogP contribution in [0.5, 0.6) is 0 Å². The van der Waals surface area contributed by atoms with Gasteiger partial charge in [0.1, 0.15) is 5.69 Å². The van der Waals surface area contributed by atoms with E-state index in [-0.39, 0.29) is 11.3 Å². The number of hydroxylamine groups is 2. The highest BCUT2D eigenvalue weighted by atomic mass is 19.3. The molecule has 0 radical (unpaired) electrons. The summed E-state index contributed by atoms with van der Waals surface area (Å²) >= 11 is 0. The molecule has 0 spiro atoms. The molecule has 1 rings (SSSR count). The molecule has 1 aromatic heterocycles. The Bertz CT molecular complexity index is 358. The molecule has 0 atom stereocenters. The Morgan fingerprint density at radius 2 is 2.27 bits per heavy atom. The highest BCUT2D eigenvalue weighted by molar-refractivity contribution is 5.91. The Kier molecular flexibility index (Phi) is 3.68. The number of pyridine rings is 1. The molecular weight excluding hydrogens is 206 g/mol. The fraction of sp³-hybridized carbons (Fsp3) is 0.333. The van der Waals surface area contributed by atoms with Crippen molar-refractivity contribution in [3.8, 4) is 0 Å². The van der Waals surface area contributed by atoms with E-state index in [4.69, 9.17) is 0 Å². The molecule has 0 saturated carbocycles. The highest BCUT2D eigenvalue weighted by Crippen LogP contribution is 2.18. The normalized spacial score (nSPS) is 10.5. The van der Waals surface area contributed by atoms with Crippen molar-refractivity contribution in [3.63, 3.8) is 0 Å². The zero-order valence-corrected chi connectivity index (χ0v) is 8.28. The third kappa shape index (κ3) is 2.69. The molecule has 0 unspecified atom stereocenters. The van der Waals surface area contributed by atoms with Gasteiger partial charge in [-0.3, -0.25) is 14.6 Å². The Morgan fingerprint density at radius 3 is 2.80 bits per heavy atom. The van der Waals surface area contributed by atoms with Crippen LogP contribution in [-0.2, 0) is 4.84 Å². The second-order valence-corrected chi connectivity index (χ2v) is 2.76. The molecule has 0 fully saturated rings. The molecule has 82 valence electrons. The summed E-state index contributed by atoms with van der Waals surface area (Å²) in [6.07, 6.45) is -1.45. The van der Waals surface area contributed by atoms with Crippen molar-refractivity contribution in [1.29, 1.82) is 0 Å². The molecule has 0 saturated heterocycles. The fourth-order valence-corrected chi connectivity index (χ4v) is 0.944. The first-order chi connectivity index (χ1) is 7.06. The molecule has 15 heavy (non-hydrogen) atoms. The summed E-state index contributed by atoms with van der Waals surface area (Å²) in [5, 5.41) is 0.914. The molecule has 0 aromatic carbocycles. The maximum atomic E-state index is 12.3. The van der Waals surface area contributed by atoms with Gasteiger partial charge in [-0.25, -0.2) is 13.8 Å². The smallest absolute Gasteiger partial charge is 0.274 e. The summed E-state index contributed by atoms with van der Waals surface area (Å²) in [6.45, 7) is 0. The second-order valence-electron chi connectivity index (χ2n) is 2.76. The molecule has 0 bridgehead atoms. The van der Waals surface area contributed by atoms with Crippen LogP contribution < -0.4 is 0 Å². The van der Waals surface area contributed by atoms with E-state index in [2.05, 4.69) is 9.82 Å². The standard InChI is InChI=1S/C9H10F2N2O2/c1-13(15-2)9(14)7-5-6(8(10)11)3-4-12-7/h3-5,8H,1-2H3. The topological polar surface area (TPSA) is 42.4 Å². The predicted molar refractivity (Wildman–Crippen MR) is 48.3 cm³/mol. The molecule has 0 aliphatic carbocycles. The van der Waals surface area contributed by atoms with Crippen LogP contribution in [0.15, 0.2) is 18.3 Å². The van der Waals surface area contributed by atoms with E-state index < -0.39 is 12.3 Å². The number of rotatable bonds is 3. The first-order valence-electron chi connectivity index (χ1n) is 4.12. The minimum absolute atomic E-state index is 0.0721. The number of halogens is 2. The molecule has 1 aromatic rings. The number of aromatic nitrogens is 1. The lowest BCUT2D eigenvalue weighted by atomic mass is 10.2. The summed E-state index contributed by atoms with van der Waals surface area (Å²) in [6, 6.07) is 2.21. The van der Waals surface area contributed by atoms with Gasteiger partial charge in [-0.05, 0) is 12.1 Å². The van der Waals surface area contributed by atoms with E-state index in [1.807, 2.05) is 0 Å². The number of carbonyl (C=O) groups is 1. The molecule has 1 amide bonds. The summed E-state index contributed by atoms with van der Waals surface area (Å²) in [5.74, 6) is -0.569. The van der Waals surface area contributed by atoms with Gasteiger partial charge in [-0.2, -0.15) is 0 Å². The van der Waals surface area contributed by atoms with Crippen molar-refractivity contribution in [2.75, 3.05) is 14.2 Å². The monoisotopic (exact) mass is 216 g/mol. The third-order valence-corrected chi connectivity index (χ3v) is 1.81. The van der Waals surface area contributed by atoms with Crippen molar-refractivity contribution in [2.24, 2.45) is 0 Å². The lowest BCUT2D eigenvalue weighted by Gasteiger charge is -2.13. The molecule has 0 aliphatic heterocycles. The molecular formula is C9H10F2N2O2. The highest BCUT2D eigenvalue weighted by Gasteiger charge is 2.15. The summed E-state index contributed by atoms with van der Waals surface area (Å²) in [4.78, 5) is 19.8. The summed E-state index contributed by atoms with van der Waals surface area (Å²) in [7, 11) is 2.67. The van der Waals surface area contributed by atoms with E-state index in [1.54, 1.807) is 0 Å². The Labute approximate surface area is 85.4 Å². The van der Waals surface area contributed by atoms with E-state index >= 15 is 0 Å². The quantitative estimate of drug-likeness (QED) is 0.721. The van der Waals surface area contributed by atoms with Crippen LogP contribution in [0.25, 0.3) is 0 Å². The van der Waals surface area contributed by atoms with Gasteiger partial charge in [-0.15, -0.1) is 0 Å². The molecule has 6 heteroatoms. The number of amides is 1. The van der Waals surface area contributed by atoms with Crippen LogP contribution in [0.3, 0.4) is 0 Å². The van der Waals surface area contributed by atoms with E-state index in [0.29, 0.717) is 0 Å². The SMILES string of the molecule is CON(C)C(=O)c1cc(C(F)F)ccn1. The van der Waals surface area contributed by atoms with Gasteiger partial charge in [0.15, 0.2) is 0 Å². The van der Waals surface area contributed by atoms with Gasteiger partial charge in [0.2, 0.25) is 0 Å². The van der Waals surface area contributed by atoms with Crippen molar-refractivity contribution in [3.05, 3.63) is 29.6 Å². The van der Waals surface area contributed by atoms with Crippen molar-refractivity contribution in [2.45, 2.75) is 6.43 Å². The van der Waals surface area contributed by atoms with Crippen LogP contribution in [0.4, 0.5) is 8.78 Å². The molecule has 0 aliphatic rings. The van der Waals surface area contributed by atoms with Crippen LogP contribution in [0.2, 0.25) is 0 Å². The maximum absolute atomic E-state index is 12.3. The lowest BCUT2D eigenvalue weighted by Crippen LogP contribution is -2.26. The van der Waals surface area contributed by atoms with Crippen LogP contribution in [-0.4, -0.2) is 30.1 Å². The molecule has 1 heterocycles. The zero-order chi connectivity index (χ0) is 11.4. The van der Waals surface area contributed by atoms with Crippen molar-refractivity contribution in [1.82, 2.24) is 10.0 Å². The van der Waals surface area contributed by atoms with Gasteiger partial charge >= 0.3 is 0 Å². The van der Waals surface area contributed by atoms with Crippen LogP contribution in [0, 0.1) is 0 Å². The average molecular weight is 216 g/mol. The minimum Gasteiger partial charge on any atom is -0.274 e. The predicted octanol–water partition coefficient (Wildman–Crippen LogP) is 1.65. The largest absolute Gasteiger partial charge is 0.295 e. The van der Waals surface area contributed by atoms with Crippen LogP contribution >= 0.6 is 0 Å². The van der Waals surface area contributed by atoms with Gasteiger partial charge in [0.05, 0.1) is 7.11 Å². The average Bonchev–Trinajstić information content (AvgIpc) is 2.27. The first-order valence-corrected chi connectivity index (χ1v) is 4.12. The van der Waals surface area contributed by atoms with E-state index in [1.165, 1.54) is 14.2 Å². The maximum Gasteiger partial charge on any atom is 0.295 e. The number of hydrogen-bond acceptors (Lipinski definition) is 3. The number of carbonyl (C=O) groups excluding carboxylic acids is 1. The van der Waals surface area contributed by atoms with Gasteiger partial charge in [-0.1, -0.05) is 0 Å². The first kappa shape index (κ1) is 11.5. The van der Waals surface area contributed by atoms with Gasteiger partial charge in [0.25, 0.3) is 12.3 Å². The van der Waals surface area contributed by atoms with Crippen molar-refractivity contribution < 1.29 is 18.4 Å². The lowest BCUT2D eigenvalue weighted by molar-refractivity contribution is -0.0760. The molecule has 4 nitrogen and oxygen atoms in total. The van der Waals surface area contributed by atoms with E-state index in [0.717, 1.165) is 23.4 Å². The van der Waals surface area contributed by atoms with Crippen molar-refractivity contribution >= 4 is 5.91 Å².